The quantitative estimate of drug-likeness (QED) is 0.481. The molecule has 0 fully saturated rings. The summed E-state index contributed by atoms with van der Waals surface area (Å²) in [5.41, 5.74) is 1.89. The topological polar surface area (TPSA) is 84.0 Å². The first-order valence-electron chi connectivity index (χ1n) is 8.55. The van der Waals surface area contributed by atoms with Crippen LogP contribution >= 0.6 is 11.8 Å². The zero-order valence-electron chi connectivity index (χ0n) is 15.8. The first kappa shape index (κ1) is 21.1. The Morgan fingerprint density at radius 2 is 1.68 bits per heavy atom. The Kier molecular flexibility index (Phi) is 6.06. The van der Waals surface area contributed by atoms with Gasteiger partial charge >= 0.3 is 0 Å². The van der Waals surface area contributed by atoms with Gasteiger partial charge in [0.05, 0.1) is 29.1 Å². The second-order valence-electron chi connectivity index (χ2n) is 6.52. The Morgan fingerprint density at radius 3 is 2.36 bits per heavy atom. The van der Waals surface area contributed by atoms with Gasteiger partial charge in [-0.2, -0.15) is 8.42 Å². The van der Waals surface area contributed by atoms with Crippen molar-refractivity contribution >= 4 is 43.3 Å². The fourth-order valence-corrected chi connectivity index (χ4v) is 5.42. The van der Waals surface area contributed by atoms with Crippen LogP contribution in [0.1, 0.15) is 6.42 Å². The van der Waals surface area contributed by atoms with Gasteiger partial charge in [-0.1, -0.05) is 23.9 Å². The summed E-state index contributed by atoms with van der Waals surface area (Å²) < 4.78 is 53.3. The van der Waals surface area contributed by atoms with E-state index in [9.17, 15) is 16.8 Å². The number of rotatable bonds is 7. The fourth-order valence-electron chi connectivity index (χ4n) is 2.86. The molecule has 28 heavy (non-hydrogen) atoms. The van der Waals surface area contributed by atoms with Crippen molar-refractivity contribution in [2.75, 3.05) is 38.4 Å². The number of hydrogen-bond acceptors (Lipinski definition) is 7. The number of anilines is 2. The summed E-state index contributed by atoms with van der Waals surface area (Å²) in [4.78, 5) is 4.16. The number of hydrogen-bond donors (Lipinski definition) is 0. The lowest BCUT2D eigenvalue weighted by Gasteiger charge is -2.33. The molecule has 0 radical (unpaired) electrons. The molecule has 0 spiro atoms. The molecular weight excluding hydrogens is 420 g/mol. The van der Waals surface area contributed by atoms with E-state index >= 15 is 0 Å². The smallest absolute Gasteiger partial charge is 0.264 e. The second-order valence-corrected chi connectivity index (χ2v) is 11.4. The third-order valence-electron chi connectivity index (χ3n) is 4.20. The third kappa shape index (κ3) is 4.52. The Balaban J connectivity index is 1.93. The van der Waals surface area contributed by atoms with Crippen LogP contribution in [-0.4, -0.2) is 54.6 Å². The molecule has 1 aliphatic rings. The summed E-state index contributed by atoms with van der Waals surface area (Å²) in [6.07, 6.45) is 1.53. The molecule has 0 aromatic heterocycles. The minimum atomic E-state index is -3.53. The van der Waals surface area contributed by atoms with Gasteiger partial charge in [0.25, 0.3) is 10.1 Å². The standard InChI is InChI=1S/C18H22N2O5S3/c1-19(2)28(23,24)14-9-10-16-18(13-14)26-17-8-5-4-7-15(17)20(16)11-6-12-25-27(3,21)22/h4-5,7-10,13H,6,11-12H2,1-3H3. The maximum absolute atomic E-state index is 12.5. The molecule has 3 rings (SSSR count). The molecule has 0 bridgehead atoms. The van der Waals surface area contributed by atoms with Crippen LogP contribution in [0.4, 0.5) is 11.4 Å². The van der Waals surface area contributed by atoms with Gasteiger partial charge < -0.3 is 4.90 Å². The van der Waals surface area contributed by atoms with Gasteiger partial charge in [0.2, 0.25) is 10.0 Å². The van der Waals surface area contributed by atoms with Gasteiger partial charge in [0, 0.05) is 30.4 Å². The Bertz CT molecular complexity index is 1080. The molecule has 0 saturated heterocycles. The van der Waals surface area contributed by atoms with Crippen LogP contribution in [0.15, 0.2) is 57.2 Å². The van der Waals surface area contributed by atoms with E-state index < -0.39 is 20.1 Å². The van der Waals surface area contributed by atoms with Crippen molar-refractivity contribution in [3.63, 3.8) is 0 Å². The SMILES string of the molecule is CN(C)S(=O)(=O)c1ccc2c(c1)Sc1ccccc1N2CCCOS(C)(=O)=O. The zero-order chi connectivity index (χ0) is 20.5. The summed E-state index contributed by atoms with van der Waals surface area (Å²) in [7, 11) is -3.99. The molecule has 0 unspecified atom stereocenters. The highest BCUT2D eigenvalue weighted by molar-refractivity contribution is 7.99. The minimum Gasteiger partial charge on any atom is -0.340 e. The highest BCUT2D eigenvalue weighted by Crippen LogP contribution is 2.48. The molecule has 2 aromatic rings. The van der Waals surface area contributed by atoms with Crippen LogP contribution in [0.3, 0.4) is 0 Å². The summed E-state index contributed by atoms with van der Waals surface area (Å²) in [5, 5.41) is 0. The lowest BCUT2D eigenvalue weighted by molar-refractivity contribution is 0.317. The van der Waals surface area contributed by atoms with Crippen LogP contribution in [0, 0.1) is 0 Å². The van der Waals surface area contributed by atoms with Crippen molar-refractivity contribution in [3.8, 4) is 0 Å². The van der Waals surface area contributed by atoms with E-state index in [0.717, 1.165) is 27.4 Å². The van der Waals surface area contributed by atoms with Crippen LogP contribution in [0.2, 0.25) is 0 Å². The average molecular weight is 443 g/mol. The van der Waals surface area contributed by atoms with Crippen molar-refractivity contribution in [1.82, 2.24) is 4.31 Å². The molecule has 2 aromatic carbocycles. The van der Waals surface area contributed by atoms with E-state index in [1.165, 1.54) is 30.2 Å². The summed E-state index contributed by atoms with van der Waals surface area (Å²) in [6, 6.07) is 12.9. The van der Waals surface area contributed by atoms with Gasteiger partial charge in [0.1, 0.15) is 0 Å². The van der Waals surface area contributed by atoms with Crippen LogP contribution < -0.4 is 4.90 Å². The fraction of sp³-hybridized carbons (Fsp3) is 0.333. The van der Waals surface area contributed by atoms with E-state index in [0.29, 0.717) is 13.0 Å². The third-order valence-corrected chi connectivity index (χ3v) is 7.72. The largest absolute Gasteiger partial charge is 0.340 e. The summed E-state index contributed by atoms with van der Waals surface area (Å²) >= 11 is 1.52. The van der Waals surface area contributed by atoms with Crippen molar-refractivity contribution in [1.29, 1.82) is 0 Å². The van der Waals surface area contributed by atoms with Gasteiger partial charge in [-0.3, -0.25) is 4.18 Å². The summed E-state index contributed by atoms with van der Waals surface area (Å²) in [6.45, 7) is 0.632. The molecule has 7 nitrogen and oxygen atoms in total. The van der Waals surface area contributed by atoms with Crippen molar-refractivity contribution in [2.45, 2.75) is 21.1 Å². The highest BCUT2D eigenvalue weighted by atomic mass is 32.2. The predicted octanol–water partition coefficient (Wildman–Crippen LogP) is 2.91. The monoisotopic (exact) mass is 442 g/mol. The molecule has 0 aliphatic carbocycles. The Hall–Kier alpha value is -1.59. The zero-order valence-corrected chi connectivity index (χ0v) is 18.3. The molecule has 10 heteroatoms. The van der Waals surface area contributed by atoms with E-state index in [1.807, 2.05) is 24.3 Å². The normalized spacial score (nSPS) is 14.1. The van der Waals surface area contributed by atoms with E-state index in [4.69, 9.17) is 4.18 Å². The van der Waals surface area contributed by atoms with Crippen LogP contribution in [0.5, 0.6) is 0 Å². The molecule has 1 heterocycles. The Labute approximate surface area is 170 Å². The second kappa shape index (κ2) is 8.03. The first-order valence-corrected chi connectivity index (χ1v) is 12.6. The van der Waals surface area contributed by atoms with Gasteiger partial charge in [-0.05, 0) is 36.8 Å². The molecule has 0 N–H and O–H groups in total. The molecule has 0 atom stereocenters. The number of sulfonamides is 1. The van der Waals surface area contributed by atoms with Gasteiger partial charge in [0.15, 0.2) is 0 Å². The van der Waals surface area contributed by atoms with E-state index in [1.54, 1.807) is 18.2 Å². The number of fused-ring (bicyclic) bond motifs is 2. The molecular formula is C18H22N2O5S3. The number of nitrogens with zero attached hydrogens (tertiary/aromatic N) is 2. The highest BCUT2D eigenvalue weighted by Gasteiger charge is 2.26. The van der Waals surface area contributed by atoms with Crippen molar-refractivity contribution < 1.29 is 21.0 Å². The van der Waals surface area contributed by atoms with Crippen LogP contribution in [-0.2, 0) is 24.3 Å². The van der Waals surface area contributed by atoms with Crippen molar-refractivity contribution in [3.05, 3.63) is 42.5 Å². The van der Waals surface area contributed by atoms with E-state index in [2.05, 4.69) is 4.90 Å². The lowest BCUT2D eigenvalue weighted by atomic mass is 10.2. The lowest BCUT2D eigenvalue weighted by Crippen LogP contribution is -2.25. The molecule has 0 saturated carbocycles. The molecule has 152 valence electrons. The van der Waals surface area contributed by atoms with Crippen LogP contribution in [0.25, 0.3) is 0 Å². The maximum atomic E-state index is 12.5. The molecule has 0 amide bonds. The minimum absolute atomic E-state index is 0.0903. The summed E-state index contributed by atoms with van der Waals surface area (Å²) in [5.74, 6) is 0. The first-order chi connectivity index (χ1) is 13.1. The van der Waals surface area contributed by atoms with Gasteiger partial charge in [-0.15, -0.1) is 0 Å². The average Bonchev–Trinajstić information content (AvgIpc) is 2.62. The Morgan fingerprint density at radius 1 is 1.00 bits per heavy atom. The number of benzene rings is 2. The maximum Gasteiger partial charge on any atom is 0.264 e. The number of para-hydroxylation sites is 1. The van der Waals surface area contributed by atoms with Gasteiger partial charge in [-0.25, -0.2) is 12.7 Å². The predicted molar refractivity (Wildman–Crippen MR) is 110 cm³/mol. The van der Waals surface area contributed by atoms with E-state index in [-0.39, 0.29) is 11.5 Å². The van der Waals surface area contributed by atoms with Crippen molar-refractivity contribution in [2.24, 2.45) is 0 Å². The molecule has 1 aliphatic heterocycles.